The second kappa shape index (κ2) is 5.11. The summed E-state index contributed by atoms with van der Waals surface area (Å²) in [4.78, 5) is 13.8. The summed E-state index contributed by atoms with van der Waals surface area (Å²) in [5, 5.41) is 6.06. The maximum atomic E-state index is 11.8. The highest BCUT2D eigenvalue weighted by Crippen LogP contribution is 2.33. The Morgan fingerprint density at radius 2 is 2.33 bits per heavy atom. The van der Waals surface area contributed by atoms with Crippen LogP contribution in [0.15, 0.2) is 18.2 Å². The van der Waals surface area contributed by atoms with Gasteiger partial charge < -0.3 is 15.5 Å². The molecule has 0 radical (unpaired) electrons. The lowest BCUT2D eigenvalue weighted by molar-refractivity contribution is -0.117. The standard InChI is InChI=1S/C14H17N3O/c1-4-8-17(3)10-6-7-11-12(9-10)16-14(18)13(11)15-5-2/h1,6-7,9,13,15H,5,8H2,2-3H3,(H,16,18). The minimum absolute atomic E-state index is 0.00334. The van der Waals surface area contributed by atoms with Crippen LogP contribution in [0.4, 0.5) is 11.4 Å². The number of nitrogens with one attached hydrogen (secondary N) is 2. The Kier molecular flexibility index (Phi) is 3.54. The van der Waals surface area contributed by atoms with E-state index in [2.05, 4.69) is 16.6 Å². The summed E-state index contributed by atoms with van der Waals surface area (Å²) in [6.07, 6.45) is 5.29. The highest BCUT2D eigenvalue weighted by Gasteiger charge is 2.29. The number of hydrogen-bond donors (Lipinski definition) is 2. The molecule has 2 rings (SSSR count). The number of carbonyl (C=O) groups excluding carboxylic acids is 1. The number of likely N-dealkylation sites (N-methyl/N-ethyl adjacent to an activating group) is 1. The first-order valence-electron chi connectivity index (χ1n) is 6.00. The van der Waals surface area contributed by atoms with Crippen molar-refractivity contribution in [2.45, 2.75) is 13.0 Å². The molecule has 0 saturated carbocycles. The highest BCUT2D eigenvalue weighted by atomic mass is 16.2. The summed E-state index contributed by atoms with van der Waals surface area (Å²) >= 11 is 0. The predicted octanol–water partition coefficient (Wildman–Crippen LogP) is 1.36. The van der Waals surface area contributed by atoms with Crippen molar-refractivity contribution in [1.82, 2.24) is 5.32 Å². The smallest absolute Gasteiger partial charge is 0.246 e. The van der Waals surface area contributed by atoms with Crippen molar-refractivity contribution in [3.8, 4) is 12.3 Å². The van der Waals surface area contributed by atoms with E-state index < -0.39 is 0 Å². The van der Waals surface area contributed by atoms with Crippen LogP contribution in [0.25, 0.3) is 0 Å². The zero-order valence-electron chi connectivity index (χ0n) is 10.7. The van der Waals surface area contributed by atoms with E-state index in [9.17, 15) is 4.79 Å². The van der Waals surface area contributed by atoms with E-state index >= 15 is 0 Å². The average Bonchev–Trinajstić information content (AvgIpc) is 2.66. The van der Waals surface area contributed by atoms with Crippen LogP contribution < -0.4 is 15.5 Å². The molecule has 1 atom stereocenters. The molecule has 1 aliphatic heterocycles. The van der Waals surface area contributed by atoms with E-state index in [0.717, 1.165) is 23.5 Å². The van der Waals surface area contributed by atoms with Crippen molar-refractivity contribution < 1.29 is 4.79 Å². The normalized spacial score (nSPS) is 16.9. The molecule has 18 heavy (non-hydrogen) atoms. The Hall–Kier alpha value is -1.99. The van der Waals surface area contributed by atoms with Gasteiger partial charge in [0, 0.05) is 24.0 Å². The first-order valence-corrected chi connectivity index (χ1v) is 6.00. The fourth-order valence-corrected chi connectivity index (χ4v) is 2.12. The van der Waals surface area contributed by atoms with Crippen LogP contribution >= 0.6 is 0 Å². The monoisotopic (exact) mass is 243 g/mol. The van der Waals surface area contributed by atoms with Crippen LogP contribution in [0, 0.1) is 12.3 Å². The minimum atomic E-state index is -0.239. The number of fused-ring (bicyclic) bond motifs is 1. The number of amides is 1. The summed E-state index contributed by atoms with van der Waals surface area (Å²) < 4.78 is 0. The maximum absolute atomic E-state index is 11.8. The van der Waals surface area contributed by atoms with Gasteiger partial charge in [0.25, 0.3) is 0 Å². The van der Waals surface area contributed by atoms with E-state index in [-0.39, 0.29) is 11.9 Å². The first kappa shape index (κ1) is 12.5. The summed E-state index contributed by atoms with van der Waals surface area (Å²) in [6.45, 7) is 3.29. The van der Waals surface area contributed by atoms with Gasteiger partial charge in [-0.2, -0.15) is 0 Å². The van der Waals surface area contributed by atoms with E-state index in [1.165, 1.54) is 0 Å². The lowest BCUT2D eigenvalue weighted by atomic mass is 10.1. The van der Waals surface area contributed by atoms with Crippen molar-refractivity contribution in [2.75, 3.05) is 30.4 Å². The number of nitrogens with zero attached hydrogens (tertiary/aromatic N) is 1. The molecular weight excluding hydrogens is 226 g/mol. The van der Waals surface area contributed by atoms with E-state index in [4.69, 9.17) is 6.42 Å². The van der Waals surface area contributed by atoms with Crippen LogP contribution in [0.5, 0.6) is 0 Å². The molecule has 4 nitrogen and oxygen atoms in total. The Labute approximate surface area is 107 Å². The molecule has 1 aromatic carbocycles. The molecule has 4 heteroatoms. The molecule has 0 saturated heterocycles. The zero-order valence-corrected chi connectivity index (χ0v) is 10.7. The topological polar surface area (TPSA) is 44.4 Å². The molecule has 0 bridgehead atoms. The number of hydrogen-bond acceptors (Lipinski definition) is 3. The van der Waals surface area contributed by atoms with E-state index in [1.807, 2.05) is 37.1 Å². The fourth-order valence-electron chi connectivity index (χ4n) is 2.12. The third-order valence-corrected chi connectivity index (χ3v) is 3.05. The molecule has 1 heterocycles. The molecule has 1 unspecified atom stereocenters. The second-order valence-electron chi connectivity index (χ2n) is 4.31. The second-order valence-corrected chi connectivity index (χ2v) is 4.31. The Bertz CT molecular complexity index is 504. The molecule has 1 amide bonds. The Balaban J connectivity index is 2.28. The molecule has 0 aliphatic carbocycles. The average molecular weight is 243 g/mol. The van der Waals surface area contributed by atoms with Gasteiger partial charge in [0.2, 0.25) is 5.91 Å². The van der Waals surface area contributed by atoms with Crippen molar-refractivity contribution >= 4 is 17.3 Å². The van der Waals surface area contributed by atoms with Gasteiger partial charge in [-0.25, -0.2) is 0 Å². The van der Waals surface area contributed by atoms with Gasteiger partial charge in [-0.3, -0.25) is 4.79 Å². The quantitative estimate of drug-likeness (QED) is 0.785. The van der Waals surface area contributed by atoms with E-state index in [1.54, 1.807) is 0 Å². The largest absolute Gasteiger partial charge is 0.363 e. The highest BCUT2D eigenvalue weighted by molar-refractivity contribution is 6.03. The van der Waals surface area contributed by atoms with Gasteiger partial charge in [0.1, 0.15) is 6.04 Å². The van der Waals surface area contributed by atoms with Crippen molar-refractivity contribution in [3.63, 3.8) is 0 Å². The number of terminal acetylenes is 1. The summed E-state index contributed by atoms with van der Waals surface area (Å²) in [6, 6.07) is 5.68. The van der Waals surface area contributed by atoms with Crippen LogP contribution in [0.3, 0.4) is 0 Å². The number of benzene rings is 1. The summed E-state index contributed by atoms with van der Waals surface area (Å²) in [7, 11) is 1.93. The van der Waals surface area contributed by atoms with Crippen LogP contribution in [-0.4, -0.2) is 26.0 Å². The van der Waals surface area contributed by atoms with Crippen LogP contribution in [0.1, 0.15) is 18.5 Å². The molecule has 0 fully saturated rings. The number of carbonyl (C=O) groups is 1. The predicted molar refractivity (Wildman–Crippen MR) is 73.6 cm³/mol. The zero-order chi connectivity index (χ0) is 13.1. The Morgan fingerprint density at radius 1 is 1.56 bits per heavy atom. The third-order valence-electron chi connectivity index (χ3n) is 3.05. The molecule has 2 N–H and O–H groups in total. The number of rotatable bonds is 4. The summed E-state index contributed by atoms with van der Waals surface area (Å²) in [5.74, 6) is 2.60. The van der Waals surface area contributed by atoms with Gasteiger partial charge in [0.15, 0.2) is 0 Å². The van der Waals surface area contributed by atoms with Crippen molar-refractivity contribution in [3.05, 3.63) is 23.8 Å². The van der Waals surface area contributed by atoms with Gasteiger partial charge >= 0.3 is 0 Å². The van der Waals surface area contributed by atoms with Crippen LogP contribution in [0.2, 0.25) is 0 Å². The lowest BCUT2D eigenvalue weighted by Crippen LogP contribution is -2.27. The Morgan fingerprint density at radius 3 is 3.00 bits per heavy atom. The molecule has 1 aliphatic rings. The number of anilines is 2. The molecule has 94 valence electrons. The van der Waals surface area contributed by atoms with Gasteiger partial charge in [-0.05, 0) is 18.7 Å². The van der Waals surface area contributed by atoms with Gasteiger partial charge in [-0.15, -0.1) is 6.42 Å². The lowest BCUT2D eigenvalue weighted by Gasteiger charge is -2.17. The first-order chi connectivity index (χ1) is 8.67. The van der Waals surface area contributed by atoms with E-state index in [0.29, 0.717) is 6.54 Å². The maximum Gasteiger partial charge on any atom is 0.246 e. The fraction of sp³-hybridized carbons (Fsp3) is 0.357. The molecule has 0 aromatic heterocycles. The molecule has 0 spiro atoms. The summed E-state index contributed by atoms with van der Waals surface area (Å²) in [5.41, 5.74) is 2.87. The van der Waals surface area contributed by atoms with Gasteiger partial charge in [-0.1, -0.05) is 18.9 Å². The molecular formula is C14H17N3O. The van der Waals surface area contributed by atoms with Crippen LogP contribution in [-0.2, 0) is 4.79 Å². The SMILES string of the molecule is C#CCN(C)c1ccc2c(c1)NC(=O)C2NCC. The van der Waals surface area contributed by atoms with Gasteiger partial charge in [0.05, 0.1) is 6.54 Å². The third kappa shape index (κ3) is 2.18. The van der Waals surface area contributed by atoms with Crippen molar-refractivity contribution in [1.29, 1.82) is 0 Å². The van der Waals surface area contributed by atoms with Crippen molar-refractivity contribution in [2.24, 2.45) is 0 Å². The minimum Gasteiger partial charge on any atom is -0.363 e. The molecule has 1 aromatic rings.